The molecule has 7 heteroatoms. The first kappa shape index (κ1) is 15.9. The number of carbonyl (C=O) groups is 2. The van der Waals surface area contributed by atoms with Crippen LogP contribution in [0.1, 0.15) is 27.2 Å². The maximum absolute atomic E-state index is 11.6. The number of amides is 1. The Morgan fingerprint density at radius 1 is 1.35 bits per heavy atom. The van der Waals surface area contributed by atoms with E-state index in [2.05, 4.69) is 5.32 Å². The number of carbonyl (C=O) groups excluding carboxylic acids is 1. The van der Waals surface area contributed by atoms with Gasteiger partial charge < -0.3 is 10.4 Å². The number of aliphatic carboxylic acids is 1. The van der Waals surface area contributed by atoms with Crippen molar-refractivity contribution >= 4 is 21.7 Å². The molecule has 0 fully saturated rings. The van der Waals surface area contributed by atoms with Crippen LogP contribution in [-0.4, -0.2) is 42.9 Å². The highest BCUT2D eigenvalue weighted by molar-refractivity contribution is 7.92. The molecule has 0 radical (unpaired) electrons. The van der Waals surface area contributed by atoms with Crippen molar-refractivity contribution in [2.45, 2.75) is 31.9 Å². The first-order valence-corrected chi connectivity index (χ1v) is 7.10. The first-order valence-electron chi connectivity index (χ1n) is 5.21. The molecule has 0 aromatic heterocycles. The second-order valence-corrected chi connectivity index (χ2v) is 7.13. The van der Waals surface area contributed by atoms with Gasteiger partial charge in [0.25, 0.3) is 0 Å². The summed E-state index contributed by atoms with van der Waals surface area (Å²) < 4.78 is 21.2. The van der Waals surface area contributed by atoms with E-state index in [0.29, 0.717) is 0 Å². The molecular weight excluding hydrogens is 246 g/mol. The molecule has 0 bridgehead atoms. The van der Waals surface area contributed by atoms with Gasteiger partial charge in [-0.05, 0) is 20.3 Å². The third-order valence-corrected chi connectivity index (χ3v) is 4.80. The van der Waals surface area contributed by atoms with E-state index in [1.165, 1.54) is 20.8 Å². The zero-order valence-corrected chi connectivity index (χ0v) is 11.3. The zero-order valence-electron chi connectivity index (χ0n) is 10.5. The molecule has 0 spiro atoms. The number of rotatable bonds is 6. The Kier molecular flexibility index (Phi) is 5.12. The largest absolute Gasteiger partial charge is 0.481 e. The van der Waals surface area contributed by atoms with E-state index in [0.717, 1.165) is 6.26 Å². The zero-order chi connectivity index (χ0) is 13.9. The molecule has 1 atom stereocenters. The molecular formula is C10H19NO5S. The predicted octanol–water partition coefficient (Wildman–Crippen LogP) is 0.0366. The second-order valence-electron chi connectivity index (χ2n) is 4.57. The van der Waals surface area contributed by atoms with Crippen LogP contribution in [0.2, 0.25) is 0 Å². The molecule has 0 saturated carbocycles. The molecule has 0 saturated heterocycles. The lowest BCUT2D eigenvalue weighted by Gasteiger charge is -2.21. The molecule has 100 valence electrons. The minimum absolute atomic E-state index is 0.144. The van der Waals surface area contributed by atoms with Crippen LogP contribution in [0, 0.1) is 5.92 Å². The molecule has 6 nitrogen and oxygen atoms in total. The number of carboxylic acid groups (broad SMARTS) is 1. The molecule has 1 unspecified atom stereocenters. The molecule has 2 N–H and O–H groups in total. The van der Waals surface area contributed by atoms with E-state index in [1.807, 2.05) is 0 Å². The van der Waals surface area contributed by atoms with Gasteiger partial charge in [0.05, 0.1) is 5.92 Å². The van der Waals surface area contributed by atoms with Crippen LogP contribution in [-0.2, 0) is 19.4 Å². The van der Waals surface area contributed by atoms with Crippen LogP contribution in [0.15, 0.2) is 0 Å². The summed E-state index contributed by atoms with van der Waals surface area (Å²) in [6, 6.07) is 0. The summed E-state index contributed by atoms with van der Waals surface area (Å²) in [5.41, 5.74) is 0. The fourth-order valence-corrected chi connectivity index (χ4v) is 1.32. The van der Waals surface area contributed by atoms with Crippen LogP contribution in [0.5, 0.6) is 0 Å². The molecule has 0 rings (SSSR count). The Balaban J connectivity index is 4.35. The topological polar surface area (TPSA) is 101 Å². The SMILES string of the molecule is CC(CCNC(=O)C(C)(C)S(C)(=O)=O)C(=O)O. The molecule has 17 heavy (non-hydrogen) atoms. The molecule has 0 aliphatic rings. The van der Waals surface area contributed by atoms with Gasteiger partial charge in [0, 0.05) is 12.8 Å². The fourth-order valence-electron chi connectivity index (χ4n) is 0.907. The average Bonchev–Trinajstić information content (AvgIpc) is 2.15. The Morgan fingerprint density at radius 3 is 2.18 bits per heavy atom. The number of nitrogens with one attached hydrogen (secondary N) is 1. The Bertz CT molecular complexity index is 399. The highest BCUT2D eigenvalue weighted by atomic mass is 32.2. The van der Waals surface area contributed by atoms with Crippen LogP contribution in [0.3, 0.4) is 0 Å². The van der Waals surface area contributed by atoms with E-state index in [1.54, 1.807) is 0 Å². The number of sulfone groups is 1. The van der Waals surface area contributed by atoms with Gasteiger partial charge in [-0.25, -0.2) is 8.42 Å². The summed E-state index contributed by atoms with van der Waals surface area (Å²) >= 11 is 0. The summed E-state index contributed by atoms with van der Waals surface area (Å²) in [6.07, 6.45) is 1.26. The highest BCUT2D eigenvalue weighted by Crippen LogP contribution is 2.15. The minimum Gasteiger partial charge on any atom is -0.481 e. The summed E-state index contributed by atoms with van der Waals surface area (Å²) in [5, 5.41) is 11.1. The lowest BCUT2D eigenvalue weighted by atomic mass is 10.1. The third-order valence-electron chi connectivity index (χ3n) is 2.76. The summed E-state index contributed by atoms with van der Waals surface area (Å²) in [4.78, 5) is 22.1. The smallest absolute Gasteiger partial charge is 0.306 e. The van der Waals surface area contributed by atoms with Gasteiger partial charge in [-0.2, -0.15) is 0 Å². The van der Waals surface area contributed by atoms with Crippen LogP contribution >= 0.6 is 0 Å². The third kappa shape index (κ3) is 4.33. The molecule has 0 heterocycles. The van der Waals surface area contributed by atoms with E-state index < -0.39 is 32.4 Å². The standard InChI is InChI=1S/C10H19NO5S/c1-7(8(12)13)5-6-11-9(14)10(2,3)17(4,15)16/h7H,5-6H2,1-4H3,(H,11,14)(H,12,13). The highest BCUT2D eigenvalue weighted by Gasteiger charge is 2.38. The second kappa shape index (κ2) is 5.48. The number of hydrogen-bond acceptors (Lipinski definition) is 4. The Morgan fingerprint density at radius 2 is 1.82 bits per heavy atom. The van der Waals surface area contributed by atoms with Gasteiger partial charge in [-0.3, -0.25) is 9.59 Å². The van der Waals surface area contributed by atoms with Gasteiger partial charge >= 0.3 is 5.97 Å². The Hall–Kier alpha value is -1.11. The van der Waals surface area contributed by atoms with Gasteiger partial charge in [0.2, 0.25) is 5.91 Å². The lowest BCUT2D eigenvalue weighted by molar-refractivity contribution is -0.141. The van der Waals surface area contributed by atoms with Gasteiger partial charge in [0.1, 0.15) is 4.75 Å². The summed E-state index contributed by atoms with van der Waals surface area (Å²) in [6.45, 7) is 4.30. The monoisotopic (exact) mass is 265 g/mol. The van der Waals surface area contributed by atoms with E-state index >= 15 is 0 Å². The van der Waals surface area contributed by atoms with Gasteiger partial charge in [0.15, 0.2) is 9.84 Å². The molecule has 0 aromatic rings. The number of carboxylic acids is 1. The van der Waals surface area contributed by atoms with Crippen LogP contribution < -0.4 is 5.32 Å². The number of hydrogen-bond donors (Lipinski definition) is 2. The van der Waals surface area contributed by atoms with E-state index in [4.69, 9.17) is 5.11 Å². The first-order chi connectivity index (χ1) is 7.50. The van der Waals surface area contributed by atoms with Crippen molar-refractivity contribution in [2.75, 3.05) is 12.8 Å². The normalized spacial score (nSPS) is 14.1. The van der Waals surface area contributed by atoms with Crippen LogP contribution in [0.25, 0.3) is 0 Å². The van der Waals surface area contributed by atoms with Crippen molar-refractivity contribution in [3.63, 3.8) is 0 Å². The molecule has 0 aliphatic heterocycles. The maximum Gasteiger partial charge on any atom is 0.306 e. The lowest BCUT2D eigenvalue weighted by Crippen LogP contribution is -2.48. The predicted molar refractivity (Wildman–Crippen MR) is 63.3 cm³/mol. The molecule has 0 aromatic carbocycles. The van der Waals surface area contributed by atoms with Gasteiger partial charge in [-0.15, -0.1) is 0 Å². The minimum atomic E-state index is -3.50. The average molecular weight is 265 g/mol. The van der Waals surface area contributed by atoms with Crippen molar-refractivity contribution in [3.8, 4) is 0 Å². The quantitative estimate of drug-likeness (QED) is 0.706. The van der Waals surface area contributed by atoms with E-state index in [-0.39, 0.29) is 13.0 Å². The van der Waals surface area contributed by atoms with Crippen molar-refractivity contribution in [2.24, 2.45) is 5.92 Å². The fraction of sp³-hybridized carbons (Fsp3) is 0.800. The van der Waals surface area contributed by atoms with Gasteiger partial charge in [-0.1, -0.05) is 6.92 Å². The molecule has 0 aliphatic carbocycles. The van der Waals surface area contributed by atoms with Crippen LogP contribution in [0.4, 0.5) is 0 Å². The van der Waals surface area contributed by atoms with Crippen molar-refractivity contribution < 1.29 is 23.1 Å². The maximum atomic E-state index is 11.6. The van der Waals surface area contributed by atoms with Crippen molar-refractivity contribution in [1.29, 1.82) is 0 Å². The van der Waals surface area contributed by atoms with Crippen molar-refractivity contribution in [1.82, 2.24) is 5.32 Å². The summed E-state index contributed by atoms with van der Waals surface area (Å²) in [5.74, 6) is -2.13. The molecule has 1 amide bonds. The van der Waals surface area contributed by atoms with E-state index in [9.17, 15) is 18.0 Å². The Labute approximate surface area is 101 Å². The summed E-state index contributed by atoms with van der Waals surface area (Å²) in [7, 11) is -3.50. The van der Waals surface area contributed by atoms with Crippen molar-refractivity contribution in [3.05, 3.63) is 0 Å².